The number of carbonyl (C=O) groups is 1. The summed E-state index contributed by atoms with van der Waals surface area (Å²) in [6.45, 7) is 2.08. The van der Waals surface area contributed by atoms with Crippen LogP contribution in [0, 0.1) is 0 Å². The molecule has 106 valence electrons. The summed E-state index contributed by atoms with van der Waals surface area (Å²) >= 11 is 0. The van der Waals surface area contributed by atoms with Crippen LogP contribution in [0.4, 0.5) is 0 Å². The van der Waals surface area contributed by atoms with Gasteiger partial charge < -0.3 is 9.67 Å². The van der Waals surface area contributed by atoms with E-state index in [0.717, 1.165) is 36.1 Å². The van der Waals surface area contributed by atoms with Crippen LogP contribution in [-0.2, 0) is 6.42 Å². The number of imidazole rings is 1. The molecule has 1 aromatic heterocycles. The fraction of sp³-hybridized carbons (Fsp3) is 0.500. The van der Waals surface area contributed by atoms with Crippen molar-refractivity contribution >= 4 is 17.0 Å². The molecule has 1 fully saturated rings. The van der Waals surface area contributed by atoms with Gasteiger partial charge in [-0.3, -0.25) is 0 Å². The van der Waals surface area contributed by atoms with Crippen LogP contribution in [0.2, 0.25) is 0 Å². The summed E-state index contributed by atoms with van der Waals surface area (Å²) < 4.78 is 2.21. The molecule has 20 heavy (non-hydrogen) atoms. The number of hydrogen-bond donors (Lipinski definition) is 1. The number of aryl methyl sites for hydroxylation is 1. The Hall–Kier alpha value is -1.84. The van der Waals surface area contributed by atoms with Crippen LogP contribution in [0.3, 0.4) is 0 Å². The molecule has 1 aliphatic rings. The molecule has 0 unspecified atom stereocenters. The lowest BCUT2D eigenvalue weighted by Gasteiger charge is -2.25. The fourth-order valence-electron chi connectivity index (χ4n) is 3.35. The molecule has 1 aromatic carbocycles. The normalized spacial score (nSPS) is 16.6. The third-order valence-corrected chi connectivity index (χ3v) is 4.27. The average Bonchev–Trinajstić information content (AvgIpc) is 2.86. The highest BCUT2D eigenvalue weighted by atomic mass is 16.4. The maximum Gasteiger partial charge on any atom is 0.337 e. The van der Waals surface area contributed by atoms with Gasteiger partial charge in [0, 0.05) is 12.5 Å². The number of aromatic nitrogens is 2. The number of carboxylic acid groups (broad SMARTS) is 1. The summed E-state index contributed by atoms with van der Waals surface area (Å²) in [5.74, 6) is 0.149. The van der Waals surface area contributed by atoms with E-state index >= 15 is 0 Å². The number of fused-ring (bicyclic) bond motifs is 1. The van der Waals surface area contributed by atoms with E-state index in [1.165, 1.54) is 19.3 Å². The molecule has 4 heteroatoms. The molecule has 0 atom stereocenters. The van der Waals surface area contributed by atoms with E-state index in [1.807, 2.05) is 6.07 Å². The van der Waals surface area contributed by atoms with Gasteiger partial charge in [0.2, 0.25) is 0 Å². The van der Waals surface area contributed by atoms with Crippen molar-refractivity contribution in [2.24, 2.45) is 0 Å². The minimum atomic E-state index is -0.866. The monoisotopic (exact) mass is 272 g/mol. The first-order chi connectivity index (χ1) is 9.72. The third-order valence-electron chi connectivity index (χ3n) is 4.27. The van der Waals surface area contributed by atoms with E-state index < -0.39 is 5.97 Å². The highest BCUT2D eigenvalue weighted by Gasteiger charge is 2.23. The van der Waals surface area contributed by atoms with Gasteiger partial charge in [-0.25, -0.2) is 9.78 Å². The Bertz CT molecular complexity index is 639. The van der Waals surface area contributed by atoms with Crippen LogP contribution >= 0.6 is 0 Å². The van der Waals surface area contributed by atoms with Crippen molar-refractivity contribution in [1.29, 1.82) is 0 Å². The van der Waals surface area contributed by atoms with Crippen molar-refractivity contribution in [1.82, 2.24) is 9.55 Å². The van der Waals surface area contributed by atoms with Gasteiger partial charge in [-0.05, 0) is 25.0 Å². The smallest absolute Gasteiger partial charge is 0.337 e. The maximum atomic E-state index is 11.5. The SMILES string of the molecule is CCc1nc2cccc(C(=O)O)c2n1C1CCCCC1. The first kappa shape index (κ1) is 13.2. The minimum absolute atomic E-state index is 0.375. The number of carboxylic acids is 1. The second kappa shape index (κ2) is 5.27. The lowest BCUT2D eigenvalue weighted by molar-refractivity contribution is 0.0698. The zero-order valence-corrected chi connectivity index (χ0v) is 11.8. The molecule has 1 aliphatic carbocycles. The lowest BCUT2D eigenvalue weighted by Crippen LogP contribution is -2.16. The van der Waals surface area contributed by atoms with Crippen molar-refractivity contribution in [3.8, 4) is 0 Å². The first-order valence-corrected chi connectivity index (χ1v) is 7.45. The standard InChI is InChI=1S/C16H20N2O2/c1-2-14-17-13-10-6-9-12(16(19)20)15(13)18(14)11-7-4-3-5-8-11/h6,9-11H,2-5,7-8H2,1H3,(H,19,20). The van der Waals surface area contributed by atoms with Crippen molar-refractivity contribution in [2.45, 2.75) is 51.5 Å². The van der Waals surface area contributed by atoms with Gasteiger partial charge >= 0.3 is 5.97 Å². The van der Waals surface area contributed by atoms with Gasteiger partial charge in [0.25, 0.3) is 0 Å². The van der Waals surface area contributed by atoms with Gasteiger partial charge in [0.05, 0.1) is 16.6 Å². The molecule has 4 nitrogen and oxygen atoms in total. The number of nitrogens with zero attached hydrogens (tertiary/aromatic N) is 2. The van der Waals surface area contributed by atoms with Crippen LogP contribution in [0.1, 0.15) is 61.3 Å². The Morgan fingerprint density at radius 2 is 2.10 bits per heavy atom. The number of benzene rings is 1. The zero-order valence-electron chi connectivity index (χ0n) is 11.8. The fourth-order valence-corrected chi connectivity index (χ4v) is 3.35. The Labute approximate surface area is 118 Å². The Morgan fingerprint density at radius 1 is 1.35 bits per heavy atom. The van der Waals surface area contributed by atoms with Crippen LogP contribution < -0.4 is 0 Å². The first-order valence-electron chi connectivity index (χ1n) is 7.45. The molecule has 0 aliphatic heterocycles. The summed E-state index contributed by atoms with van der Waals surface area (Å²) in [6, 6.07) is 5.79. The van der Waals surface area contributed by atoms with E-state index in [9.17, 15) is 9.90 Å². The highest BCUT2D eigenvalue weighted by molar-refractivity contribution is 6.01. The van der Waals surface area contributed by atoms with Crippen molar-refractivity contribution < 1.29 is 9.90 Å². The lowest BCUT2D eigenvalue weighted by atomic mass is 9.94. The van der Waals surface area contributed by atoms with E-state index in [-0.39, 0.29) is 0 Å². The van der Waals surface area contributed by atoms with Gasteiger partial charge in [0.1, 0.15) is 5.82 Å². The predicted octanol–water partition coefficient (Wildman–Crippen LogP) is 3.80. The second-order valence-corrected chi connectivity index (χ2v) is 5.52. The second-order valence-electron chi connectivity index (χ2n) is 5.52. The highest BCUT2D eigenvalue weighted by Crippen LogP contribution is 2.33. The number of rotatable bonds is 3. The number of aromatic carboxylic acids is 1. The average molecular weight is 272 g/mol. The minimum Gasteiger partial charge on any atom is -0.478 e. The Balaban J connectivity index is 2.23. The molecule has 1 heterocycles. The van der Waals surface area contributed by atoms with Crippen LogP contribution in [0.5, 0.6) is 0 Å². The summed E-state index contributed by atoms with van der Waals surface area (Å²) in [6.07, 6.45) is 6.84. The molecule has 0 spiro atoms. The topological polar surface area (TPSA) is 55.1 Å². The van der Waals surface area contributed by atoms with E-state index in [2.05, 4.69) is 16.5 Å². The molecule has 0 bridgehead atoms. The summed E-state index contributed by atoms with van der Waals surface area (Å²) in [5, 5.41) is 9.45. The maximum absolute atomic E-state index is 11.5. The predicted molar refractivity (Wildman–Crippen MR) is 78.2 cm³/mol. The molecule has 0 amide bonds. The zero-order chi connectivity index (χ0) is 14.1. The van der Waals surface area contributed by atoms with Gasteiger partial charge in [-0.15, -0.1) is 0 Å². The van der Waals surface area contributed by atoms with E-state index in [4.69, 9.17) is 0 Å². The van der Waals surface area contributed by atoms with Gasteiger partial charge in [-0.2, -0.15) is 0 Å². The van der Waals surface area contributed by atoms with E-state index in [0.29, 0.717) is 11.6 Å². The molecule has 0 radical (unpaired) electrons. The van der Waals surface area contributed by atoms with Crippen molar-refractivity contribution in [3.05, 3.63) is 29.6 Å². The molecule has 1 saturated carbocycles. The van der Waals surface area contributed by atoms with Gasteiger partial charge in [-0.1, -0.05) is 32.3 Å². The van der Waals surface area contributed by atoms with Crippen molar-refractivity contribution in [3.63, 3.8) is 0 Å². The third kappa shape index (κ3) is 2.09. The Kier molecular flexibility index (Phi) is 3.47. The summed E-state index contributed by atoms with van der Waals surface area (Å²) in [4.78, 5) is 16.2. The van der Waals surface area contributed by atoms with Crippen molar-refractivity contribution in [2.75, 3.05) is 0 Å². The summed E-state index contributed by atoms with van der Waals surface area (Å²) in [5.41, 5.74) is 2.00. The molecular formula is C16H20N2O2. The van der Waals surface area contributed by atoms with Crippen LogP contribution in [0.25, 0.3) is 11.0 Å². The number of hydrogen-bond acceptors (Lipinski definition) is 2. The van der Waals surface area contributed by atoms with Crippen LogP contribution in [-0.4, -0.2) is 20.6 Å². The molecular weight excluding hydrogens is 252 g/mol. The Morgan fingerprint density at radius 3 is 2.75 bits per heavy atom. The molecule has 3 rings (SSSR count). The quantitative estimate of drug-likeness (QED) is 0.924. The molecule has 2 aromatic rings. The van der Waals surface area contributed by atoms with Crippen LogP contribution in [0.15, 0.2) is 18.2 Å². The van der Waals surface area contributed by atoms with Gasteiger partial charge in [0.15, 0.2) is 0 Å². The molecule has 1 N–H and O–H groups in total. The largest absolute Gasteiger partial charge is 0.478 e. The molecule has 0 saturated heterocycles. The number of para-hydroxylation sites is 1. The summed E-state index contributed by atoms with van der Waals surface area (Å²) in [7, 11) is 0. The van der Waals surface area contributed by atoms with E-state index in [1.54, 1.807) is 12.1 Å².